The number of allylic oxidation sites excluding steroid dienone is 3. The Morgan fingerprint density at radius 2 is 2.05 bits per heavy atom. The highest BCUT2D eigenvalue weighted by molar-refractivity contribution is 5.88. The zero-order valence-corrected chi connectivity index (χ0v) is 10.7. The van der Waals surface area contributed by atoms with Gasteiger partial charge in [-0.2, -0.15) is 0 Å². The van der Waals surface area contributed by atoms with E-state index < -0.39 is 0 Å². The van der Waals surface area contributed by atoms with Gasteiger partial charge in [0.1, 0.15) is 5.70 Å². The lowest BCUT2D eigenvalue weighted by Crippen LogP contribution is -2.22. The Kier molecular flexibility index (Phi) is 2.92. The standard InChI is InChI=1S/C14H12N4O2/c1-9(19)15-10-5-6-11-12(8-10)17-14(16-11)13-4-2-3-7-18(13)20/h2-8,20H,1H3,(H,15,19). The molecule has 0 saturated heterocycles. The van der Waals surface area contributed by atoms with Crippen molar-refractivity contribution in [3.8, 4) is 0 Å². The van der Waals surface area contributed by atoms with E-state index in [-0.39, 0.29) is 5.91 Å². The Balaban J connectivity index is 2.05. The molecule has 100 valence electrons. The first-order valence-electron chi connectivity index (χ1n) is 6.06. The number of hydrogen-bond donors (Lipinski definition) is 2. The first kappa shape index (κ1) is 12.3. The maximum absolute atomic E-state index is 11.0. The molecule has 6 nitrogen and oxygen atoms in total. The highest BCUT2D eigenvalue weighted by Gasteiger charge is 2.13. The van der Waals surface area contributed by atoms with Crippen LogP contribution in [-0.2, 0) is 4.79 Å². The molecule has 1 aromatic rings. The molecule has 0 fully saturated rings. The van der Waals surface area contributed by atoms with Gasteiger partial charge in [0.15, 0.2) is 5.82 Å². The highest BCUT2D eigenvalue weighted by Crippen LogP contribution is 2.17. The maximum atomic E-state index is 11.0. The molecule has 2 aliphatic rings. The van der Waals surface area contributed by atoms with Crippen LogP contribution in [0.3, 0.4) is 0 Å². The quantitative estimate of drug-likeness (QED) is 0.792. The lowest BCUT2D eigenvalue weighted by Gasteiger charge is -2.15. The number of fused-ring (bicyclic) bond motifs is 1. The summed E-state index contributed by atoms with van der Waals surface area (Å²) in [6, 6.07) is 5.29. The van der Waals surface area contributed by atoms with Gasteiger partial charge in [-0.15, -0.1) is 0 Å². The van der Waals surface area contributed by atoms with Crippen LogP contribution in [0.1, 0.15) is 6.92 Å². The molecule has 3 rings (SSSR count). The van der Waals surface area contributed by atoms with Crippen molar-refractivity contribution in [2.45, 2.75) is 6.92 Å². The third-order valence-corrected chi connectivity index (χ3v) is 2.82. The minimum Gasteiger partial charge on any atom is -0.326 e. The Morgan fingerprint density at radius 1 is 1.25 bits per heavy atom. The van der Waals surface area contributed by atoms with Crippen LogP contribution in [0.5, 0.6) is 0 Å². The summed E-state index contributed by atoms with van der Waals surface area (Å²) < 4.78 is 0. The first-order valence-corrected chi connectivity index (χ1v) is 6.06. The molecule has 1 amide bonds. The number of hydrogen-bond acceptors (Lipinski definition) is 5. The van der Waals surface area contributed by atoms with E-state index in [0.717, 1.165) is 5.06 Å². The molecule has 0 aromatic heterocycles. The van der Waals surface area contributed by atoms with E-state index >= 15 is 0 Å². The Bertz CT molecular complexity index is 790. The molecule has 2 aliphatic heterocycles. The highest BCUT2D eigenvalue weighted by atomic mass is 16.5. The molecule has 0 aliphatic carbocycles. The van der Waals surface area contributed by atoms with Gasteiger partial charge in [-0.3, -0.25) is 10.0 Å². The van der Waals surface area contributed by atoms with Crippen molar-refractivity contribution < 1.29 is 10.0 Å². The lowest BCUT2D eigenvalue weighted by atomic mass is 10.3. The molecular formula is C14H12N4O2. The second-order valence-corrected chi connectivity index (χ2v) is 4.36. The number of benzene rings is 1. The molecule has 0 atom stereocenters. The van der Waals surface area contributed by atoms with Crippen molar-refractivity contribution >= 4 is 11.6 Å². The first-order chi connectivity index (χ1) is 9.63. The molecule has 0 saturated carbocycles. The number of nitrogens with one attached hydrogen (secondary N) is 1. The number of hydroxylamine groups is 2. The largest absolute Gasteiger partial charge is 0.326 e. The van der Waals surface area contributed by atoms with Crippen molar-refractivity contribution in [1.82, 2.24) is 5.06 Å². The van der Waals surface area contributed by atoms with Crippen molar-refractivity contribution in [2.75, 3.05) is 5.32 Å². The molecule has 0 radical (unpaired) electrons. The summed E-state index contributed by atoms with van der Waals surface area (Å²) in [6.07, 6.45) is 6.74. The van der Waals surface area contributed by atoms with Crippen LogP contribution in [0.4, 0.5) is 5.69 Å². The molecule has 0 unspecified atom stereocenters. The number of anilines is 1. The van der Waals surface area contributed by atoms with Gasteiger partial charge in [-0.05, 0) is 30.4 Å². The summed E-state index contributed by atoms with van der Waals surface area (Å²) in [4.78, 5) is 19.8. The number of carbonyl (C=O) groups is 1. The smallest absolute Gasteiger partial charge is 0.221 e. The molecule has 20 heavy (non-hydrogen) atoms. The van der Waals surface area contributed by atoms with Crippen LogP contribution < -0.4 is 16.0 Å². The van der Waals surface area contributed by atoms with E-state index in [1.807, 2.05) is 0 Å². The van der Waals surface area contributed by atoms with E-state index in [4.69, 9.17) is 0 Å². The molecule has 6 heteroatoms. The summed E-state index contributed by atoms with van der Waals surface area (Å²) >= 11 is 0. The van der Waals surface area contributed by atoms with Gasteiger partial charge >= 0.3 is 0 Å². The topological polar surface area (TPSA) is 77.3 Å². The van der Waals surface area contributed by atoms with Gasteiger partial charge in [-0.1, -0.05) is 6.08 Å². The van der Waals surface area contributed by atoms with Crippen molar-refractivity contribution in [3.63, 3.8) is 0 Å². The fourth-order valence-electron chi connectivity index (χ4n) is 1.97. The van der Waals surface area contributed by atoms with Crippen LogP contribution in [0, 0.1) is 0 Å². The van der Waals surface area contributed by atoms with E-state index in [1.165, 1.54) is 13.1 Å². The average molecular weight is 268 g/mol. The molecule has 0 spiro atoms. The van der Waals surface area contributed by atoms with Gasteiger partial charge in [0.05, 0.1) is 10.7 Å². The van der Waals surface area contributed by atoms with E-state index in [2.05, 4.69) is 15.3 Å². The van der Waals surface area contributed by atoms with Crippen LogP contribution in [0.2, 0.25) is 0 Å². The van der Waals surface area contributed by atoms with Crippen molar-refractivity contribution in [2.24, 2.45) is 9.98 Å². The molecule has 0 bridgehead atoms. The average Bonchev–Trinajstić information content (AvgIpc) is 2.81. The van der Waals surface area contributed by atoms with Crippen LogP contribution in [-0.4, -0.2) is 16.2 Å². The van der Waals surface area contributed by atoms with Gasteiger partial charge in [0.2, 0.25) is 5.91 Å². The Morgan fingerprint density at radius 3 is 2.80 bits per heavy atom. The van der Waals surface area contributed by atoms with Crippen LogP contribution >= 0.6 is 0 Å². The summed E-state index contributed by atoms with van der Waals surface area (Å²) in [5, 5.41) is 14.8. The normalized spacial score (nSPS) is 19.4. The molecule has 2 heterocycles. The fourth-order valence-corrected chi connectivity index (χ4v) is 1.97. The second kappa shape index (κ2) is 4.75. The van der Waals surface area contributed by atoms with E-state index in [9.17, 15) is 10.0 Å². The predicted octanol–water partition coefficient (Wildman–Crippen LogP) is 0.842. The minimum absolute atomic E-state index is 0.139. The number of carbonyl (C=O) groups excluding carboxylic acids is 1. The summed E-state index contributed by atoms with van der Waals surface area (Å²) in [5.74, 6) is 0.295. The zero-order valence-electron chi connectivity index (χ0n) is 10.7. The monoisotopic (exact) mass is 268 g/mol. The number of nitrogens with zero attached hydrogens (tertiary/aromatic N) is 3. The SMILES string of the molecule is CC(=O)Nc1ccc2c(c1)=NC(=C1C=CC=CN1O)N=2. The van der Waals surface area contributed by atoms with Gasteiger partial charge < -0.3 is 5.32 Å². The lowest BCUT2D eigenvalue weighted by molar-refractivity contribution is -0.114. The Hall–Kier alpha value is -2.73. The van der Waals surface area contributed by atoms with Crippen molar-refractivity contribution in [3.05, 3.63) is 64.9 Å². The van der Waals surface area contributed by atoms with Crippen molar-refractivity contribution in [1.29, 1.82) is 0 Å². The molecular weight excluding hydrogens is 256 g/mol. The fraction of sp³-hybridized carbons (Fsp3) is 0.0714. The van der Waals surface area contributed by atoms with Gasteiger partial charge in [-0.25, -0.2) is 15.0 Å². The molecule has 1 aromatic carbocycles. The third kappa shape index (κ3) is 2.24. The number of rotatable bonds is 1. The van der Waals surface area contributed by atoms with Crippen LogP contribution in [0.15, 0.2) is 64.1 Å². The number of amides is 1. The predicted molar refractivity (Wildman–Crippen MR) is 72.0 cm³/mol. The molecule has 2 N–H and O–H groups in total. The minimum atomic E-state index is -0.139. The van der Waals surface area contributed by atoms with E-state index in [1.54, 1.807) is 36.4 Å². The Labute approximate surface area is 114 Å². The van der Waals surface area contributed by atoms with Gasteiger partial charge in [0, 0.05) is 18.8 Å². The summed E-state index contributed by atoms with van der Waals surface area (Å²) in [5.41, 5.74) is 1.17. The maximum Gasteiger partial charge on any atom is 0.221 e. The summed E-state index contributed by atoms with van der Waals surface area (Å²) in [7, 11) is 0. The summed E-state index contributed by atoms with van der Waals surface area (Å²) in [6.45, 7) is 1.45. The van der Waals surface area contributed by atoms with Gasteiger partial charge in [0.25, 0.3) is 0 Å². The second-order valence-electron chi connectivity index (χ2n) is 4.36. The zero-order chi connectivity index (χ0) is 14.1. The third-order valence-electron chi connectivity index (χ3n) is 2.82. The van der Waals surface area contributed by atoms with Crippen LogP contribution in [0.25, 0.3) is 0 Å². The van der Waals surface area contributed by atoms with E-state index in [0.29, 0.717) is 27.9 Å².